The molecule has 6 heteroatoms. The summed E-state index contributed by atoms with van der Waals surface area (Å²) in [6.45, 7) is 0. The van der Waals surface area contributed by atoms with Gasteiger partial charge in [0, 0.05) is 11.5 Å². The Hall–Kier alpha value is -2.27. The maximum absolute atomic E-state index is 13.8. The Morgan fingerprint density at radius 3 is 2.57 bits per heavy atom. The maximum Gasteiger partial charge on any atom is 0.164 e. The first-order chi connectivity index (χ1) is 10.1. The van der Waals surface area contributed by atoms with E-state index < -0.39 is 11.6 Å². The quantitative estimate of drug-likeness (QED) is 0.664. The summed E-state index contributed by atoms with van der Waals surface area (Å²) in [5.74, 6) is -0.671. The van der Waals surface area contributed by atoms with E-state index in [1.54, 1.807) is 18.2 Å². The second kappa shape index (κ2) is 5.26. The van der Waals surface area contributed by atoms with E-state index in [2.05, 4.69) is 9.97 Å². The molecule has 1 heterocycles. The molecule has 3 nitrogen and oxygen atoms in total. The van der Waals surface area contributed by atoms with Crippen molar-refractivity contribution in [1.82, 2.24) is 9.97 Å². The molecule has 0 amide bonds. The van der Waals surface area contributed by atoms with Gasteiger partial charge < -0.3 is 4.74 Å². The number of hydrogen-bond donors (Lipinski definition) is 0. The van der Waals surface area contributed by atoms with Gasteiger partial charge in [0.15, 0.2) is 5.82 Å². The maximum atomic E-state index is 13.8. The van der Waals surface area contributed by atoms with Crippen molar-refractivity contribution in [2.45, 2.75) is 0 Å². The Bertz CT molecular complexity index is 839. The number of halogens is 3. The monoisotopic (exact) mass is 306 g/mol. The Kier molecular flexibility index (Phi) is 3.43. The van der Waals surface area contributed by atoms with Crippen LogP contribution in [0.5, 0.6) is 5.75 Å². The van der Waals surface area contributed by atoms with E-state index >= 15 is 0 Å². The van der Waals surface area contributed by atoms with Gasteiger partial charge in [-0.3, -0.25) is 0 Å². The van der Waals surface area contributed by atoms with Crippen LogP contribution in [0.3, 0.4) is 0 Å². The van der Waals surface area contributed by atoms with Gasteiger partial charge in [-0.25, -0.2) is 18.7 Å². The van der Waals surface area contributed by atoms with E-state index in [1.165, 1.54) is 13.2 Å². The first kappa shape index (κ1) is 13.7. The topological polar surface area (TPSA) is 35.0 Å². The van der Waals surface area contributed by atoms with Crippen molar-refractivity contribution in [3.63, 3.8) is 0 Å². The van der Waals surface area contributed by atoms with E-state index in [0.29, 0.717) is 16.7 Å². The van der Waals surface area contributed by atoms with Crippen molar-refractivity contribution in [3.05, 3.63) is 53.2 Å². The number of aromatic nitrogens is 2. The second-order valence-electron chi connectivity index (χ2n) is 4.35. The molecule has 2 aromatic carbocycles. The minimum absolute atomic E-state index is 0.0935. The van der Waals surface area contributed by atoms with Gasteiger partial charge in [-0.1, -0.05) is 11.6 Å². The largest absolute Gasteiger partial charge is 0.497 e. The van der Waals surface area contributed by atoms with Gasteiger partial charge in [0.05, 0.1) is 18.2 Å². The highest BCUT2D eigenvalue weighted by Crippen LogP contribution is 2.28. The highest BCUT2D eigenvalue weighted by Gasteiger charge is 2.13. The highest BCUT2D eigenvalue weighted by molar-refractivity contribution is 6.34. The van der Waals surface area contributed by atoms with E-state index in [1.807, 2.05) is 0 Å². The van der Waals surface area contributed by atoms with E-state index in [9.17, 15) is 8.78 Å². The number of methoxy groups -OCH3 is 1. The Morgan fingerprint density at radius 1 is 1.05 bits per heavy atom. The van der Waals surface area contributed by atoms with Crippen molar-refractivity contribution in [3.8, 4) is 17.1 Å². The second-order valence-corrected chi connectivity index (χ2v) is 4.70. The average Bonchev–Trinajstić information content (AvgIpc) is 2.47. The summed E-state index contributed by atoms with van der Waals surface area (Å²) in [6.07, 6.45) is 0. The summed E-state index contributed by atoms with van der Waals surface area (Å²) in [6, 6.07) is 8.33. The Balaban J connectivity index is 2.20. The molecule has 0 unspecified atom stereocenters. The molecule has 0 saturated heterocycles. The molecule has 0 bridgehead atoms. The molecule has 3 aromatic rings. The van der Waals surface area contributed by atoms with Gasteiger partial charge in [0.2, 0.25) is 0 Å². The van der Waals surface area contributed by atoms with Crippen LogP contribution in [0.4, 0.5) is 8.78 Å². The number of nitrogens with zero attached hydrogens (tertiary/aromatic N) is 2. The molecular formula is C15H9ClF2N2O. The summed E-state index contributed by atoms with van der Waals surface area (Å²) in [5.41, 5.74) is 0.644. The smallest absolute Gasteiger partial charge is 0.164 e. The lowest BCUT2D eigenvalue weighted by Crippen LogP contribution is -1.95. The van der Waals surface area contributed by atoms with Gasteiger partial charge in [-0.2, -0.15) is 0 Å². The summed E-state index contributed by atoms with van der Waals surface area (Å²) in [5, 5.41) is 0.778. The summed E-state index contributed by atoms with van der Waals surface area (Å²) >= 11 is 6.12. The number of rotatable bonds is 2. The van der Waals surface area contributed by atoms with Crippen LogP contribution in [0, 0.1) is 11.6 Å². The van der Waals surface area contributed by atoms with Crippen molar-refractivity contribution in [2.75, 3.05) is 7.11 Å². The fourth-order valence-electron chi connectivity index (χ4n) is 1.99. The molecule has 106 valence electrons. The minimum atomic E-state index is -0.737. The first-order valence-corrected chi connectivity index (χ1v) is 6.43. The molecular weight excluding hydrogens is 298 g/mol. The van der Waals surface area contributed by atoms with Gasteiger partial charge in [0.25, 0.3) is 0 Å². The lowest BCUT2D eigenvalue weighted by atomic mass is 10.1. The average molecular weight is 307 g/mol. The molecule has 0 aliphatic heterocycles. The van der Waals surface area contributed by atoms with E-state index in [4.69, 9.17) is 16.3 Å². The van der Waals surface area contributed by atoms with Crippen LogP contribution in [0.15, 0.2) is 36.4 Å². The molecule has 0 N–H and O–H groups in total. The van der Waals surface area contributed by atoms with Crippen LogP contribution in [-0.4, -0.2) is 17.1 Å². The summed E-state index contributed by atoms with van der Waals surface area (Å²) in [7, 11) is 1.54. The van der Waals surface area contributed by atoms with Crippen LogP contribution in [0.2, 0.25) is 5.15 Å². The van der Waals surface area contributed by atoms with Gasteiger partial charge in [0.1, 0.15) is 22.5 Å². The van der Waals surface area contributed by atoms with Gasteiger partial charge >= 0.3 is 0 Å². The predicted octanol–water partition coefficient (Wildman–Crippen LogP) is 4.24. The lowest BCUT2D eigenvalue weighted by Gasteiger charge is -2.07. The Labute approximate surface area is 124 Å². The standard InChI is InChI=1S/C15H9ClF2N2O/c1-21-9-3-5-13-11(7-9)14(16)20-15(19-13)10-4-2-8(17)6-12(10)18/h2-7H,1H3. The van der Waals surface area contributed by atoms with Gasteiger partial charge in [-0.05, 0) is 30.3 Å². The van der Waals surface area contributed by atoms with Crippen LogP contribution in [0.1, 0.15) is 0 Å². The normalized spacial score (nSPS) is 10.9. The molecule has 0 fully saturated rings. The van der Waals surface area contributed by atoms with Gasteiger partial charge in [-0.15, -0.1) is 0 Å². The fourth-order valence-corrected chi connectivity index (χ4v) is 2.22. The molecule has 21 heavy (non-hydrogen) atoms. The van der Waals surface area contributed by atoms with Crippen molar-refractivity contribution in [1.29, 1.82) is 0 Å². The van der Waals surface area contributed by atoms with Crippen molar-refractivity contribution >= 4 is 22.5 Å². The third-order valence-electron chi connectivity index (χ3n) is 3.03. The zero-order chi connectivity index (χ0) is 15.0. The highest BCUT2D eigenvalue weighted by atomic mass is 35.5. The molecule has 0 aliphatic rings. The third-order valence-corrected chi connectivity index (χ3v) is 3.32. The SMILES string of the molecule is COc1ccc2nc(-c3ccc(F)cc3F)nc(Cl)c2c1. The fraction of sp³-hybridized carbons (Fsp3) is 0.0667. The summed E-state index contributed by atoms with van der Waals surface area (Å²) < 4.78 is 31.9. The van der Waals surface area contributed by atoms with Crippen LogP contribution >= 0.6 is 11.6 Å². The molecule has 0 spiro atoms. The number of hydrogen-bond acceptors (Lipinski definition) is 3. The molecule has 3 rings (SSSR count). The number of benzene rings is 2. The van der Waals surface area contributed by atoms with Crippen molar-refractivity contribution in [2.24, 2.45) is 0 Å². The van der Waals surface area contributed by atoms with Crippen LogP contribution in [-0.2, 0) is 0 Å². The zero-order valence-corrected chi connectivity index (χ0v) is 11.7. The predicted molar refractivity (Wildman–Crippen MR) is 76.5 cm³/mol. The number of fused-ring (bicyclic) bond motifs is 1. The molecule has 0 radical (unpaired) electrons. The third kappa shape index (κ3) is 2.52. The molecule has 0 saturated carbocycles. The van der Waals surface area contributed by atoms with Crippen molar-refractivity contribution < 1.29 is 13.5 Å². The Morgan fingerprint density at radius 2 is 1.86 bits per heavy atom. The lowest BCUT2D eigenvalue weighted by molar-refractivity contribution is 0.415. The molecule has 1 aromatic heterocycles. The minimum Gasteiger partial charge on any atom is -0.497 e. The number of ether oxygens (including phenoxy) is 1. The molecule has 0 atom stereocenters. The van der Waals surface area contributed by atoms with Crippen LogP contribution in [0.25, 0.3) is 22.3 Å². The zero-order valence-electron chi connectivity index (χ0n) is 10.9. The summed E-state index contributed by atoms with van der Waals surface area (Å²) in [4.78, 5) is 8.33. The molecule has 0 aliphatic carbocycles. The first-order valence-electron chi connectivity index (χ1n) is 6.05. The van der Waals surface area contributed by atoms with E-state index in [-0.39, 0.29) is 16.5 Å². The van der Waals surface area contributed by atoms with E-state index in [0.717, 1.165) is 12.1 Å². The van der Waals surface area contributed by atoms with Crippen LogP contribution < -0.4 is 4.74 Å².